The van der Waals surface area contributed by atoms with Gasteiger partial charge in [0, 0.05) is 37.2 Å². The highest BCUT2D eigenvalue weighted by atomic mass is 15.1. The molecular weight excluding hydrogens is 224 g/mol. The van der Waals surface area contributed by atoms with Crippen LogP contribution in [0.5, 0.6) is 0 Å². The molecular formula is C14H18N4. The predicted molar refractivity (Wildman–Crippen MR) is 72.4 cm³/mol. The highest BCUT2D eigenvalue weighted by Crippen LogP contribution is 2.25. The third-order valence-electron chi connectivity index (χ3n) is 3.35. The Morgan fingerprint density at radius 3 is 3.11 bits per heavy atom. The van der Waals surface area contributed by atoms with E-state index in [1.807, 2.05) is 6.07 Å². The minimum atomic E-state index is 0.823. The Bertz CT molecular complexity index is 505. The van der Waals surface area contributed by atoms with Gasteiger partial charge in [0.1, 0.15) is 0 Å². The first kappa shape index (κ1) is 11.3. The molecule has 0 saturated carbocycles. The molecule has 0 saturated heterocycles. The number of nitrogens with zero attached hydrogens (tertiary/aromatic N) is 1. The zero-order valence-electron chi connectivity index (χ0n) is 10.4. The Morgan fingerprint density at radius 2 is 2.22 bits per heavy atom. The largest absolute Gasteiger partial charge is 0.385 e. The summed E-state index contributed by atoms with van der Waals surface area (Å²) in [5.74, 6) is 0. The Labute approximate surface area is 107 Å². The van der Waals surface area contributed by atoms with Crippen molar-refractivity contribution in [2.24, 2.45) is 0 Å². The summed E-state index contributed by atoms with van der Waals surface area (Å²) in [6.45, 7) is 2.80. The fourth-order valence-electron chi connectivity index (χ4n) is 2.44. The second-order valence-corrected chi connectivity index (χ2v) is 4.67. The molecule has 0 bridgehead atoms. The minimum Gasteiger partial charge on any atom is -0.385 e. The number of aromatic nitrogens is 2. The molecule has 0 amide bonds. The van der Waals surface area contributed by atoms with Crippen molar-refractivity contribution in [1.82, 2.24) is 15.5 Å². The molecule has 0 fully saturated rings. The lowest BCUT2D eigenvalue weighted by Crippen LogP contribution is -2.18. The molecule has 0 radical (unpaired) electrons. The molecule has 94 valence electrons. The summed E-state index contributed by atoms with van der Waals surface area (Å²) in [6, 6.07) is 8.56. The van der Waals surface area contributed by atoms with Crippen molar-refractivity contribution >= 4 is 5.69 Å². The van der Waals surface area contributed by atoms with E-state index in [9.17, 15) is 0 Å². The second-order valence-electron chi connectivity index (χ2n) is 4.67. The smallest absolute Gasteiger partial charge is 0.0490 e. The number of benzene rings is 1. The quantitative estimate of drug-likeness (QED) is 0.769. The van der Waals surface area contributed by atoms with Gasteiger partial charge in [0.2, 0.25) is 0 Å². The molecule has 4 nitrogen and oxygen atoms in total. The fourth-order valence-corrected chi connectivity index (χ4v) is 2.44. The number of aromatic amines is 1. The molecule has 2 heterocycles. The van der Waals surface area contributed by atoms with Gasteiger partial charge in [-0.3, -0.25) is 5.10 Å². The van der Waals surface area contributed by atoms with E-state index < -0.39 is 0 Å². The molecule has 3 rings (SSSR count). The number of para-hydroxylation sites is 1. The first-order valence-corrected chi connectivity index (χ1v) is 6.47. The Morgan fingerprint density at radius 1 is 1.22 bits per heavy atom. The van der Waals surface area contributed by atoms with Crippen LogP contribution in [0.4, 0.5) is 5.69 Å². The van der Waals surface area contributed by atoms with Crippen LogP contribution in [-0.2, 0) is 19.5 Å². The van der Waals surface area contributed by atoms with E-state index in [1.54, 1.807) is 6.20 Å². The normalized spacial score (nSPS) is 14.0. The van der Waals surface area contributed by atoms with Crippen molar-refractivity contribution < 1.29 is 0 Å². The van der Waals surface area contributed by atoms with Crippen LogP contribution in [0.25, 0.3) is 0 Å². The van der Waals surface area contributed by atoms with E-state index in [-0.39, 0.29) is 0 Å². The van der Waals surface area contributed by atoms with E-state index in [0.29, 0.717) is 0 Å². The maximum atomic E-state index is 3.94. The van der Waals surface area contributed by atoms with Crippen LogP contribution in [0.2, 0.25) is 0 Å². The number of hydrogen-bond acceptors (Lipinski definition) is 3. The van der Waals surface area contributed by atoms with Crippen LogP contribution in [0.1, 0.15) is 23.2 Å². The van der Waals surface area contributed by atoms with Crippen molar-refractivity contribution in [1.29, 1.82) is 0 Å². The van der Waals surface area contributed by atoms with Gasteiger partial charge in [-0.2, -0.15) is 5.10 Å². The Balaban J connectivity index is 1.65. The van der Waals surface area contributed by atoms with Crippen LogP contribution in [0.15, 0.2) is 30.5 Å². The van der Waals surface area contributed by atoms with Crippen molar-refractivity contribution in [2.45, 2.75) is 25.9 Å². The average molecular weight is 242 g/mol. The second kappa shape index (κ2) is 5.23. The summed E-state index contributed by atoms with van der Waals surface area (Å²) >= 11 is 0. The lowest BCUT2D eigenvalue weighted by atomic mass is 9.99. The van der Waals surface area contributed by atoms with Crippen molar-refractivity contribution in [3.8, 4) is 0 Å². The maximum Gasteiger partial charge on any atom is 0.0490 e. The number of H-pyrrole nitrogens is 1. The summed E-state index contributed by atoms with van der Waals surface area (Å²) < 4.78 is 0. The lowest BCUT2D eigenvalue weighted by Gasteiger charge is -2.21. The minimum absolute atomic E-state index is 0.823. The van der Waals surface area contributed by atoms with Crippen molar-refractivity contribution in [3.05, 3.63) is 47.3 Å². The summed E-state index contributed by atoms with van der Waals surface area (Å²) in [4.78, 5) is 0. The van der Waals surface area contributed by atoms with Gasteiger partial charge in [-0.1, -0.05) is 18.2 Å². The number of hydrogen-bond donors (Lipinski definition) is 3. The molecule has 3 N–H and O–H groups in total. The van der Waals surface area contributed by atoms with Gasteiger partial charge in [-0.25, -0.2) is 0 Å². The van der Waals surface area contributed by atoms with E-state index in [2.05, 4.69) is 39.0 Å². The monoisotopic (exact) mass is 242 g/mol. The molecule has 4 heteroatoms. The third kappa shape index (κ3) is 2.38. The van der Waals surface area contributed by atoms with Gasteiger partial charge < -0.3 is 10.6 Å². The summed E-state index contributed by atoms with van der Waals surface area (Å²) in [5, 5.41) is 13.9. The highest BCUT2D eigenvalue weighted by Gasteiger charge is 2.11. The highest BCUT2D eigenvalue weighted by molar-refractivity contribution is 5.59. The molecule has 1 aliphatic rings. The van der Waals surface area contributed by atoms with Crippen LogP contribution in [0, 0.1) is 0 Å². The number of aryl methyl sites for hydroxylation is 1. The zero-order chi connectivity index (χ0) is 12.2. The van der Waals surface area contributed by atoms with E-state index >= 15 is 0 Å². The van der Waals surface area contributed by atoms with Crippen LogP contribution < -0.4 is 10.6 Å². The Kier molecular flexibility index (Phi) is 3.28. The van der Waals surface area contributed by atoms with Gasteiger partial charge in [0.05, 0.1) is 0 Å². The topological polar surface area (TPSA) is 52.7 Å². The third-order valence-corrected chi connectivity index (χ3v) is 3.35. The van der Waals surface area contributed by atoms with Gasteiger partial charge in [-0.15, -0.1) is 0 Å². The number of nitrogens with one attached hydrogen (secondary N) is 3. The number of fused-ring (bicyclic) bond motifs is 1. The summed E-state index contributed by atoms with van der Waals surface area (Å²) in [5.41, 5.74) is 5.25. The van der Waals surface area contributed by atoms with E-state index in [0.717, 1.165) is 25.3 Å². The Hall–Kier alpha value is -1.81. The van der Waals surface area contributed by atoms with Gasteiger partial charge in [0.25, 0.3) is 0 Å². The standard InChI is InChI=1S/C14H18N4/c1-3-11-5-2-7-16-14(11)12(4-1)9-15-10-13-6-8-17-18-13/h1,3-4,6,8,15-16H,2,5,7,9-10H2,(H,17,18). The first-order valence-electron chi connectivity index (χ1n) is 6.47. The summed E-state index contributed by atoms with van der Waals surface area (Å²) in [7, 11) is 0. The van der Waals surface area contributed by atoms with Crippen molar-refractivity contribution in [2.75, 3.05) is 11.9 Å². The number of anilines is 1. The molecule has 1 aromatic carbocycles. The van der Waals surface area contributed by atoms with E-state index in [4.69, 9.17) is 0 Å². The molecule has 2 aromatic rings. The summed E-state index contributed by atoms with van der Waals surface area (Å²) in [6.07, 6.45) is 4.21. The molecule has 0 atom stereocenters. The van der Waals surface area contributed by atoms with Gasteiger partial charge in [-0.05, 0) is 30.0 Å². The first-order chi connectivity index (χ1) is 8.93. The molecule has 0 spiro atoms. The lowest BCUT2D eigenvalue weighted by molar-refractivity contribution is 0.675. The average Bonchev–Trinajstić information content (AvgIpc) is 2.92. The van der Waals surface area contributed by atoms with Gasteiger partial charge >= 0.3 is 0 Å². The van der Waals surface area contributed by atoms with Crippen LogP contribution >= 0.6 is 0 Å². The predicted octanol–water partition coefficient (Wildman–Crippen LogP) is 2.06. The molecule has 0 unspecified atom stereocenters. The van der Waals surface area contributed by atoms with Crippen LogP contribution in [-0.4, -0.2) is 16.7 Å². The number of rotatable bonds is 4. The van der Waals surface area contributed by atoms with E-state index in [1.165, 1.54) is 29.7 Å². The SMILES string of the molecule is c1cc2c(c(CNCc3ccn[nH]3)c1)NCCC2. The molecule has 1 aliphatic heterocycles. The maximum absolute atomic E-state index is 3.94. The molecule has 0 aliphatic carbocycles. The zero-order valence-corrected chi connectivity index (χ0v) is 10.4. The van der Waals surface area contributed by atoms with Crippen molar-refractivity contribution in [3.63, 3.8) is 0 Å². The van der Waals surface area contributed by atoms with Gasteiger partial charge in [0.15, 0.2) is 0 Å². The van der Waals surface area contributed by atoms with Crippen LogP contribution in [0.3, 0.4) is 0 Å². The molecule has 1 aromatic heterocycles. The molecule has 18 heavy (non-hydrogen) atoms. The fraction of sp³-hybridized carbons (Fsp3) is 0.357.